The lowest BCUT2D eigenvalue weighted by atomic mass is 10.1. The van der Waals surface area contributed by atoms with Crippen LogP contribution in [0.1, 0.15) is 19.8 Å². The third-order valence-electron chi connectivity index (χ3n) is 4.19. The molecule has 2 rings (SSSR count). The van der Waals surface area contributed by atoms with Crippen molar-refractivity contribution in [1.29, 1.82) is 0 Å². The number of hydrogen-bond donors (Lipinski definition) is 3. The van der Waals surface area contributed by atoms with E-state index < -0.39 is 6.10 Å². The number of carbonyl (C=O) groups is 1. The molecule has 1 atom stereocenters. The van der Waals surface area contributed by atoms with Crippen LogP contribution in [0.2, 0.25) is 10.0 Å². The average Bonchev–Trinajstić information content (AvgIpc) is 2.68. The maximum atomic E-state index is 11.7. The fourth-order valence-electron chi connectivity index (χ4n) is 2.71. The number of aliphatic imine (C=N–C) groups is 1. The highest BCUT2D eigenvalue weighted by Crippen LogP contribution is 2.31. The number of aliphatic hydroxyl groups excluding tert-OH is 1. The van der Waals surface area contributed by atoms with E-state index in [1.54, 1.807) is 30.0 Å². The van der Waals surface area contributed by atoms with Gasteiger partial charge in [-0.15, -0.1) is 0 Å². The second-order valence-corrected chi connectivity index (χ2v) is 7.13. The Kier molecular flexibility index (Phi) is 8.95. The van der Waals surface area contributed by atoms with Crippen molar-refractivity contribution in [3.63, 3.8) is 0 Å². The van der Waals surface area contributed by atoms with Gasteiger partial charge >= 0.3 is 6.09 Å². The number of aliphatic hydroxyl groups is 1. The summed E-state index contributed by atoms with van der Waals surface area (Å²) in [7, 11) is 0. The lowest BCUT2D eigenvalue weighted by Gasteiger charge is -2.31. The van der Waals surface area contributed by atoms with Crippen LogP contribution in [0.3, 0.4) is 0 Å². The summed E-state index contributed by atoms with van der Waals surface area (Å²) in [6.07, 6.45) is 0.355. The summed E-state index contributed by atoms with van der Waals surface area (Å²) in [4.78, 5) is 17.5. The predicted octanol–water partition coefficient (Wildman–Crippen LogP) is 2.26. The van der Waals surface area contributed by atoms with Crippen molar-refractivity contribution in [2.75, 3.05) is 32.8 Å². The summed E-state index contributed by atoms with van der Waals surface area (Å²) in [6.45, 7) is 3.44. The molecule has 1 unspecified atom stereocenters. The molecule has 1 aromatic rings. The number of guanidine groups is 1. The molecule has 0 bridgehead atoms. The molecular weight excluding hydrogens is 407 g/mol. The summed E-state index contributed by atoms with van der Waals surface area (Å²) < 4.78 is 10.5. The standard InChI is InChI=1S/C18H26Cl2N4O4/c1-2-27-18(26)24-8-6-12(7-9-24)23-17(21)22-10-13(25)11-28-15-5-3-4-14(19)16(15)20/h3-5,12-13,25H,2,6-11H2,1H3,(H3,21,22,23). The number of nitrogens with zero attached hydrogens (tertiary/aromatic N) is 2. The van der Waals surface area contributed by atoms with E-state index in [0.29, 0.717) is 35.5 Å². The van der Waals surface area contributed by atoms with Gasteiger partial charge in [0.25, 0.3) is 0 Å². The Hall–Kier alpha value is -1.90. The number of hydrogen-bond acceptors (Lipinski definition) is 5. The Balaban J connectivity index is 1.71. The molecule has 0 radical (unpaired) electrons. The molecule has 0 aromatic heterocycles. The number of nitrogens with two attached hydrogens (primary N) is 1. The monoisotopic (exact) mass is 432 g/mol. The van der Waals surface area contributed by atoms with Crippen molar-refractivity contribution >= 4 is 35.3 Å². The third kappa shape index (κ3) is 6.92. The van der Waals surface area contributed by atoms with Gasteiger partial charge in [0.15, 0.2) is 5.96 Å². The van der Waals surface area contributed by atoms with Crippen molar-refractivity contribution in [3.05, 3.63) is 28.2 Å². The number of amides is 1. The van der Waals surface area contributed by atoms with E-state index in [1.165, 1.54) is 0 Å². The molecule has 10 heteroatoms. The lowest BCUT2D eigenvalue weighted by molar-refractivity contribution is 0.0962. The highest BCUT2D eigenvalue weighted by Gasteiger charge is 2.23. The molecule has 1 amide bonds. The number of benzene rings is 1. The Morgan fingerprint density at radius 3 is 2.82 bits per heavy atom. The van der Waals surface area contributed by atoms with E-state index in [4.69, 9.17) is 38.4 Å². The zero-order valence-electron chi connectivity index (χ0n) is 15.7. The fourth-order valence-corrected chi connectivity index (χ4v) is 3.06. The third-order valence-corrected chi connectivity index (χ3v) is 4.99. The minimum Gasteiger partial charge on any atom is -0.489 e. The molecule has 156 valence electrons. The minimum absolute atomic E-state index is 0.00870. The van der Waals surface area contributed by atoms with Crippen molar-refractivity contribution in [3.8, 4) is 5.75 Å². The van der Waals surface area contributed by atoms with Crippen LogP contribution in [0, 0.1) is 0 Å². The maximum absolute atomic E-state index is 11.7. The van der Waals surface area contributed by atoms with Gasteiger partial charge in [0.2, 0.25) is 0 Å². The largest absolute Gasteiger partial charge is 0.489 e. The predicted molar refractivity (Wildman–Crippen MR) is 109 cm³/mol. The van der Waals surface area contributed by atoms with Crippen LogP contribution in [-0.4, -0.2) is 67.1 Å². The Morgan fingerprint density at radius 1 is 1.43 bits per heavy atom. The number of nitrogens with one attached hydrogen (secondary N) is 1. The van der Waals surface area contributed by atoms with Crippen LogP contribution >= 0.6 is 23.2 Å². The van der Waals surface area contributed by atoms with Gasteiger partial charge in [0, 0.05) is 19.1 Å². The van der Waals surface area contributed by atoms with Gasteiger partial charge in [-0.25, -0.2) is 4.79 Å². The fraction of sp³-hybridized carbons (Fsp3) is 0.556. The van der Waals surface area contributed by atoms with Gasteiger partial charge in [0.1, 0.15) is 23.5 Å². The molecule has 0 spiro atoms. The highest BCUT2D eigenvalue weighted by atomic mass is 35.5. The molecular formula is C18H26Cl2N4O4. The van der Waals surface area contributed by atoms with Gasteiger partial charge < -0.3 is 30.5 Å². The summed E-state index contributed by atoms with van der Waals surface area (Å²) in [5.41, 5.74) is 5.89. The molecule has 1 fully saturated rings. The molecule has 28 heavy (non-hydrogen) atoms. The minimum atomic E-state index is -0.846. The summed E-state index contributed by atoms with van der Waals surface area (Å²) in [5.74, 6) is 0.645. The van der Waals surface area contributed by atoms with E-state index in [1.807, 2.05) is 0 Å². The molecule has 0 saturated carbocycles. The van der Waals surface area contributed by atoms with Crippen molar-refractivity contribution < 1.29 is 19.4 Å². The van der Waals surface area contributed by atoms with E-state index >= 15 is 0 Å². The SMILES string of the molecule is CCOC(=O)N1CCC(NC(N)=NCC(O)COc2cccc(Cl)c2Cl)CC1. The van der Waals surface area contributed by atoms with Crippen LogP contribution in [0.25, 0.3) is 0 Å². The zero-order chi connectivity index (χ0) is 20.5. The highest BCUT2D eigenvalue weighted by molar-refractivity contribution is 6.42. The smallest absolute Gasteiger partial charge is 0.409 e. The molecule has 1 aliphatic heterocycles. The quantitative estimate of drug-likeness (QED) is 0.450. The van der Waals surface area contributed by atoms with Crippen LogP contribution in [0.5, 0.6) is 5.75 Å². The number of ether oxygens (including phenoxy) is 2. The van der Waals surface area contributed by atoms with Crippen molar-refractivity contribution in [1.82, 2.24) is 10.2 Å². The number of halogens is 2. The zero-order valence-corrected chi connectivity index (χ0v) is 17.2. The van der Waals surface area contributed by atoms with Crippen LogP contribution in [0.4, 0.5) is 4.79 Å². The van der Waals surface area contributed by atoms with Crippen molar-refractivity contribution in [2.24, 2.45) is 10.7 Å². The number of likely N-dealkylation sites (tertiary alicyclic amines) is 1. The first-order valence-electron chi connectivity index (χ1n) is 9.13. The molecule has 1 aromatic carbocycles. The number of rotatable bonds is 7. The Morgan fingerprint density at radius 2 is 2.14 bits per heavy atom. The van der Waals surface area contributed by atoms with Gasteiger partial charge in [-0.3, -0.25) is 4.99 Å². The molecule has 1 aliphatic rings. The van der Waals surface area contributed by atoms with Gasteiger partial charge in [-0.05, 0) is 31.9 Å². The van der Waals surface area contributed by atoms with E-state index in [2.05, 4.69) is 10.3 Å². The van der Waals surface area contributed by atoms with Gasteiger partial charge in [-0.1, -0.05) is 29.3 Å². The molecule has 0 aliphatic carbocycles. The Labute approximate surface area is 174 Å². The van der Waals surface area contributed by atoms with Crippen LogP contribution in [0.15, 0.2) is 23.2 Å². The Bertz CT molecular complexity index is 682. The normalized spacial score (nSPS) is 16.6. The second-order valence-electron chi connectivity index (χ2n) is 6.35. The summed E-state index contributed by atoms with van der Waals surface area (Å²) in [5, 5.41) is 13.8. The first kappa shape index (κ1) is 22.4. The molecule has 1 saturated heterocycles. The van der Waals surface area contributed by atoms with Crippen LogP contribution < -0.4 is 15.8 Å². The number of piperidine rings is 1. The topological polar surface area (TPSA) is 109 Å². The first-order valence-corrected chi connectivity index (χ1v) is 9.89. The molecule has 1 heterocycles. The average molecular weight is 433 g/mol. The molecule has 4 N–H and O–H groups in total. The van der Waals surface area contributed by atoms with Crippen molar-refractivity contribution in [2.45, 2.75) is 31.9 Å². The van der Waals surface area contributed by atoms with E-state index in [0.717, 1.165) is 12.8 Å². The lowest BCUT2D eigenvalue weighted by Crippen LogP contribution is -2.48. The second kappa shape index (κ2) is 11.2. The maximum Gasteiger partial charge on any atom is 0.409 e. The molecule has 8 nitrogen and oxygen atoms in total. The van der Waals surface area contributed by atoms with Gasteiger partial charge in [-0.2, -0.15) is 0 Å². The van der Waals surface area contributed by atoms with E-state index in [-0.39, 0.29) is 31.2 Å². The first-order chi connectivity index (χ1) is 13.4. The van der Waals surface area contributed by atoms with E-state index in [9.17, 15) is 9.90 Å². The van der Waals surface area contributed by atoms with Gasteiger partial charge in [0.05, 0.1) is 18.2 Å². The summed E-state index contributed by atoms with van der Waals surface area (Å²) >= 11 is 11.9. The van der Waals surface area contributed by atoms with Crippen LogP contribution in [-0.2, 0) is 4.74 Å². The summed E-state index contributed by atoms with van der Waals surface area (Å²) in [6, 6.07) is 5.15. The number of carbonyl (C=O) groups excluding carboxylic acids is 1.